The quantitative estimate of drug-likeness (QED) is 0.375. The molecule has 0 unspecified atom stereocenters. The maximum atomic E-state index is 13.4. The van der Waals surface area contributed by atoms with Crippen LogP contribution in [-0.4, -0.2) is 32.2 Å². The summed E-state index contributed by atoms with van der Waals surface area (Å²) in [7, 11) is 4.84. The van der Waals surface area contributed by atoms with Gasteiger partial charge in [0, 0.05) is 0 Å². The Morgan fingerprint density at radius 3 is 2.41 bits per heavy atom. The zero-order valence-corrected chi connectivity index (χ0v) is 19.2. The Labute approximate surface area is 190 Å². The fourth-order valence-corrected chi connectivity index (χ4v) is 4.62. The van der Waals surface area contributed by atoms with E-state index in [4.69, 9.17) is 23.6 Å². The van der Waals surface area contributed by atoms with E-state index in [1.54, 1.807) is 38.6 Å². The zero-order chi connectivity index (χ0) is 22.7. The number of carbonyl (C=O) groups excluding carboxylic acids is 1. The molecule has 2 aromatic heterocycles. The van der Waals surface area contributed by atoms with Gasteiger partial charge in [-0.2, -0.15) is 0 Å². The van der Waals surface area contributed by atoms with E-state index < -0.39 is 0 Å². The highest BCUT2D eigenvalue weighted by molar-refractivity contribution is 7.22. The number of thiazole rings is 1. The monoisotopic (exact) mass is 452 g/mol. The zero-order valence-electron chi connectivity index (χ0n) is 18.4. The summed E-state index contributed by atoms with van der Waals surface area (Å²) in [6, 6.07) is 13.0. The summed E-state index contributed by atoms with van der Waals surface area (Å²) in [6.07, 6.45) is 1.81. The van der Waals surface area contributed by atoms with Crippen molar-refractivity contribution in [3.05, 3.63) is 65.6 Å². The van der Waals surface area contributed by atoms with Crippen molar-refractivity contribution in [1.29, 1.82) is 0 Å². The second-order valence-corrected chi connectivity index (χ2v) is 8.16. The number of benzene rings is 2. The van der Waals surface area contributed by atoms with Crippen molar-refractivity contribution in [2.24, 2.45) is 0 Å². The molecular formula is C24H24N2O5S. The summed E-state index contributed by atoms with van der Waals surface area (Å²) in [5.74, 6) is 2.67. The molecule has 0 aliphatic rings. The van der Waals surface area contributed by atoms with Crippen molar-refractivity contribution in [3.63, 3.8) is 0 Å². The summed E-state index contributed by atoms with van der Waals surface area (Å²) in [4.78, 5) is 19.8. The average Bonchev–Trinajstić information content (AvgIpc) is 3.46. The van der Waals surface area contributed by atoms with Crippen molar-refractivity contribution < 1.29 is 23.4 Å². The second-order valence-electron chi connectivity index (χ2n) is 7.18. The molecule has 0 saturated carbocycles. The van der Waals surface area contributed by atoms with Crippen LogP contribution in [0.2, 0.25) is 0 Å². The van der Waals surface area contributed by atoms with Crippen LogP contribution in [0.3, 0.4) is 0 Å². The Balaban J connectivity index is 1.72. The lowest BCUT2D eigenvalue weighted by Crippen LogP contribution is -2.31. The number of ether oxygens (including phenoxy) is 3. The van der Waals surface area contributed by atoms with Gasteiger partial charge < -0.3 is 18.6 Å². The molecule has 8 heteroatoms. The van der Waals surface area contributed by atoms with Gasteiger partial charge >= 0.3 is 0 Å². The van der Waals surface area contributed by atoms with Crippen LogP contribution < -0.4 is 19.1 Å². The summed E-state index contributed by atoms with van der Waals surface area (Å²) in [5.41, 5.74) is 2.53. The van der Waals surface area contributed by atoms with Crippen LogP contribution >= 0.6 is 11.3 Å². The predicted molar refractivity (Wildman–Crippen MR) is 124 cm³/mol. The van der Waals surface area contributed by atoms with Gasteiger partial charge in [0.1, 0.15) is 33.2 Å². The fourth-order valence-electron chi connectivity index (χ4n) is 3.53. The van der Waals surface area contributed by atoms with Crippen molar-refractivity contribution in [2.75, 3.05) is 26.2 Å². The Morgan fingerprint density at radius 1 is 1.03 bits per heavy atom. The van der Waals surface area contributed by atoms with E-state index in [2.05, 4.69) is 0 Å². The van der Waals surface area contributed by atoms with Crippen LogP contribution in [-0.2, 0) is 17.8 Å². The second kappa shape index (κ2) is 9.32. The van der Waals surface area contributed by atoms with Gasteiger partial charge in [0.05, 0.1) is 40.6 Å². The van der Waals surface area contributed by atoms with Crippen LogP contribution in [0.25, 0.3) is 10.2 Å². The largest absolute Gasteiger partial charge is 0.496 e. The topological polar surface area (TPSA) is 74.0 Å². The fraction of sp³-hybridized carbons (Fsp3) is 0.250. The number of rotatable bonds is 8. The lowest BCUT2D eigenvalue weighted by Gasteiger charge is -2.19. The van der Waals surface area contributed by atoms with Gasteiger partial charge in [-0.15, -0.1) is 0 Å². The SMILES string of the molecule is COc1ccc(CC(=O)N(Cc2ccco2)c2nc3c(OC)ccc(OC)c3s2)cc1C. The van der Waals surface area contributed by atoms with E-state index in [9.17, 15) is 4.79 Å². The number of methoxy groups -OCH3 is 3. The minimum absolute atomic E-state index is 0.0945. The van der Waals surface area contributed by atoms with Crippen molar-refractivity contribution in [1.82, 2.24) is 4.98 Å². The molecule has 1 amide bonds. The van der Waals surface area contributed by atoms with Crippen molar-refractivity contribution in [2.45, 2.75) is 19.9 Å². The Morgan fingerprint density at radius 2 is 1.75 bits per heavy atom. The Hall–Kier alpha value is -3.52. The van der Waals surface area contributed by atoms with Gasteiger partial charge in [-0.1, -0.05) is 23.5 Å². The number of aryl methyl sites for hydroxylation is 1. The standard InChI is InChI=1S/C24H24N2O5S/c1-15-12-16(7-8-18(15)28-2)13-21(27)26(14-17-6-5-11-31-17)24-25-22-19(29-3)9-10-20(30-4)23(22)32-24/h5-12H,13-14H2,1-4H3. The average molecular weight is 453 g/mol. The molecule has 0 aliphatic carbocycles. The molecule has 7 nitrogen and oxygen atoms in total. The molecule has 32 heavy (non-hydrogen) atoms. The number of amides is 1. The minimum Gasteiger partial charge on any atom is -0.496 e. The molecule has 0 fully saturated rings. The Bertz CT molecular complexity index is 1190. The molecule has 0 atom stereocenters. The van der Waals surface area contributed by atoms with E-state index in [0.717, 1.165) is 21.6 Å². The number of carbonyl (C=O) groups is 1. The Kier molecular flexibility index (Phi) is 6.32. The molecule has 166 valence electrons. The molecule has 0 saturated heterocycles. The predicted octanol–water partition coefficient (Wildman–Crippen LogP) is 5.00. The molecule has 0 spiro atoms. The highest BCUT2D eigenvalue weighted by Gasteiger charge is 2.24. The van der Waals surface area contributed by atoms with Crippen molar-refractivity contribution >= 4 is 32.6 Å². The minimum atomic E-state index is -0.0945. The number of anilines is 1. The summed E-state index contributed by atoms with van der Waals surface area (Å²) in [5, 5.41) is 0.550. The number of hydrogen-bond donors (Lipinski definition) is 0. The first-order valence-corrected chi connectivity index (χ1v) is 10.8. The van der Waals surface area contributed by atoms with Crippen LogP contribution in [0.15, 0.2) is 53.1 Å². The van der Waals surface area contributed by atoms with Crippen LogP contribution in [0.4, 0.5) is 5.13 Å². The number of fused-ring (bicyclic) bond motifs is 1. The molecular weight excluding hydrogens is 428 g/mol. The molecule has 0 N–H and O–H groups in total. The normalized spacial score (nSPS) is 10.9. The third kappa shape index (κ3) is 4.27. The van der Waals surface area contributed by atoms with Crippen LogP contribution in [0.5, 0.6) is 17.2 Å². The van der Waals surface area contributed by atoms with Crippen LogP contribution in [0.1, 0.15) is 16.9 Å². The van der Waals surface area contributed by atoms with E-state index in [-0.39, 0.29) is 18.9 Å². The molecule has 0 radical (unpaired) electrons. The molecule has 4 aromatic rings. The van der Waals surface area contributed by atoms with Gasteiger partial charge in [0.25, 0.3) is 0 Å². The lowest BCUT2D eigenvalue weighted by molar-refractivity contribution is -0.118. The summed E-state index contributed by atoms with van der Waals surface area (Å²) in [6.45, 7) is 2.23. The van der Waals surface area contributed by atoms with Gasteiger partial charge in [-0.05, 0) is 48.4 Å². The highest BCUT2D eigenvalue weighted by atomic mass is 32.1. The van der Waals surface area contributed by atoms with E-state index in [1.807, 2.05) is 43.3 Å². The molecule has 4 rings (SSSR count). The summed E-state index contributed by atoms with van der Waals surface area (Å²) < 4.78 is 22.6. The molecule has 2 aromatic carbocycles. The maximum absolute atomic E-state index is 13.4. The first-order chi connectivity index (χ1) is 15.5. The first kappa shape index (κ1) is 21.7. The molecule has 2 heterocycles. The summed E-state index contributed by atoms with van der Waals surface area (Å²) >= 11 is 1.38. The third-order valence-corrected chi connectivity index (χ3v) is 6.23. The number of nitrogens with zero attached hydrogens (tertiary/aromatic N) is 2. The number of aromatic nitrogens is 1. The van der Waals surface area contributed by atoms with Crippen LogP contribution in [0, 0.1) is 6.92 Å². The lowest BCUT2D eigenvalue weighted by atomic mass is 10.1. The third-order valence-electron chi connectivity index (χ3n) is 5.14. The smallest absolute Gasteiger partial charge is 0.233 e. The van der Waals surface area contributed by atoms with Gasteiger partial charge in [-0.25, -0.2) is 4.98 Å². The van der Waals surface area contributed by atoms with Crippen molar-refractivity contribution in [3.8, 4) is 17.2 Å². The number of hydrogen-bond acceptors (Lipinski definition) is 7. The van der Waals surface area contributed by atoms with Gasteiger partial charge in [0.2, 0.25) is 5.91 Å². The van der Waals surface area contributed by atoms with Gasteiger partial charge in [0.15, 0.2) is 5.13 Å². The maximum Gasteiger partial charge on any atom is 0.233 e. The molecule has 0 aliphatic heterocycles. The van der Waals surface area contributed by atoms with E-state index >= 15 is 0 Å². The molecule has 0 bridgehead atoms. The number of furan rings is 1. The highest BCUT2D eigenvalue weighted by Crippen LogP contribution is 2.40. The van der Waals surface area contributed by atoms with E-state index in [0.29, 0.717) is 27.9 Å². The van der Waals surface area contributed by atoms with E-state index in [1.165, 1.54) is 11.3 Å². The van der Waals surface area contributed by atoms with Gasteiger partial charge in [-0.3, -0.25) is 9.69 Å². The first-order valence-electron chi connectivity index (χ1n) is 10.0.